The van der Waals surface area contributed by atoms with Crippen LogP contribution in [0.4, 0.5) is 14.4 Å². The first-order valence-corrected chi connectivity index (χ1v) is 13.8. The Balaban J connectivity index is 2.82. The first-order valence-electron chi connectivity index (χ1n) is 13.8. The molecule has 12 heteroatoms. The second-order valence-electron chi connectivity index (χ2n) is 9.06. The van der Waals surface area contributed by atoms with E-state index in [-0.39, 0.29) is 44.3 Å². The number of carbonyl (C=O) groups excluding carboxylic acids is 4. The summed E-state index contributed by atoms with van der Waals surface area (Å²) in [5.74, 6) is -0.894. The van der Waals surface area contributed by atoms with Crippen LogP contribution < -0.4 is 15.2 Å². The standard InChI is InChI=1S/C28H43NO11/c1-5-8-10-15-35-27(32)39-23-13-12-21(18-24(23)40-28(33)36-16-11-9-6-2)17-22(29)25(30)38-20(4)19-37-26(31)34-14-7-3/h12-13,18,20,22H,5-11,14-17,19,29H2,1-4H3/t20-,22-/m0/s1. The number of ether oxygens (including phenoxy) is 7. The monoisotopic (exact) mass is 569 g/mol. The van der Waals surface area contributed by atoms with Crippen molar-refractivity contribution in [1.29, 1.82) is 0 Å². The van der Waals surface area contributed by atoms with E-state index < -0.39 is 36.6 Å². The minimum absolute atomic E-state index is 0.00854. The Kier molecular flexibility index (Phi) is 17.6. The summed E-state index contributed by atoms with van der Waals surface area (Å²) in [4.78, 5) is 48.3. The third-order valence-electron chi connectivity index (χ3n) is 5.27. The Bertz CT molecular complexity index is 922. The van der Waals surface area contributed by atoms with Gasteiger partial charge in [-0.1, -0.05) is 52.5 Å². The first kappa shape index (κ1) is 34.5. The van der Waals surface area contributed by atoms with Crippen molar-refractivity contribution in [2.24, 2.45) is 5.73 Å². The van der Waals surface area contributed by atoms with Crippen LogP contribution in [0.2, 0.25) is 0 Å². The predicted molar refractivity (Wildman–Crippen MR) is 144 cm³/mol. The van der Waals surface area contributed by atoms with Crippen LogP contribution in [-0.4, -0.2) is 63.0 Å². The Morgan fingerprint density at radius 1 is 0.725 bits per heavy atom. The highest BCUT2D eigenvalue weighted by Crippen LogP contribution is 2.30. The minimum atomic E-state index is -1.08. The lowest BCUT2D eigenvalue weighted by atomic mass is 10.1. The SMILES string of the molecule is CCCCCOC(=O)Oc1ccc(C[C@H](N)C(=O)O[C@@H](C)COC(=O)OCCC)cc1OC(=O)OCCCCC. The maximum Gasteiger partial charge on any atom is 0.513 e. The molecule has 40 heavy (non-hydrogen) atoms. The zero-order valence-corrected chi connectivity index (χ0v) is 23.9. The highest BCUT2D eigenvalue weighted by Gasteiger charge is 2.22. The predicted octanol–water partition coefficient (Wildman–Crippen LogP) is 5.46. The summed E-state index contributed by atoms with van der Waals surface area (Å²) in [5.41, 5.74) is 6.51. The van der Waals surface area contributed by atoms with Gasteiger partial charge >= 0.3 is 24.4 Å². The molecule has 0 radical (unpaired) electrons. The molecule has 226 valence electrons. The summed E-state index contributed by atoms with van der Waals surface area (Å²) in [6.45, 7) is 7.84. The van der Waals surface area contributed by atoms with Gasteiger partial charge in [0.15, 0.2) is 11.5 Å². The van der Waals surface area contributed by atoms with Crippen LogP contribution in [0.1, 0.15) is 78.2 Å². The quantitative estimate of drug-likeness (QED) is 0.103. The molecule has 1 aromatic carbocycles. The molecule has 2 N–H and O–H groups in total. The molecule has 0 bridgehead atoms. The molecule has 12 nitrogen and oxygen atoms in total. The van der Waals surface area contributed by atoms with Gasteiger partial charge in [0.25, 0.3) is 0 Å². The normalized spacial score (nSPS) is 12.0. The van der Waals surface area contributed by atoms with Crippen molar-refractivity contribution in [3.8, 4) is 11.5 Å². The summed E-state index contributed by atoms with van der Waals surface area (Å²) in [6, 6.07) is 3.29. The molecule has 0 unspecified atom stereocenters. The van der Waals surface area contributed by atoms with E-state index in [9.17, 15) is 19.2 Å². The molecule has 0 amide bonds. The summed E-state index contributed by atoms with van der Waals surface area (Å²) < 4.78 is 35.6. The zero-order chi connectivity index (χ0) is 29.8. The molecule has 1 aromatic rings. The van der Waals surface area contributed by atoms with Crippen LogP contribution in [0.25, 0.3) is 0 Å². The third kappa shape index (κ3) is 15.2. The van der Waals surface area contributed by atoms with Crippen molar-refractivity contribution in [1.82, 2.24) is 0 Å². The van der Waals surface area contributed by atoms with Crippen molar-refractivity contribution >= 4 is 24.4 Å². The van der Waals surface area contributed by atoms with Crippen LogP contribution in [0.15, 0.2) is 18.2 Å². The number of hydrogen-bond acceptors (Lipinski definition) is 12. The van der Waals surface area contributed by atoms with E-state index in [4.69, 9.17) is 38.9 Å². The molecule has 0 saturated carbocycles. The van der Waals surface area contributed by atoms with Crippen LogP contribution in [0, 0.1) is 0 Å². The molecular weight excluding hydrogens is 526 g/mol. The van der Waals surface area contributed by atoms with Crippen molar-refractivity contribution in [2.45, 2.75) is 91.2 Å². The number of unbranched alkanes of at least 4 members (excludes halogenated alkanes) is 4. The smallest absolute Gasteiger partial charge is 0.458 e. The topological polar surface area (TPSA) is 159 Å². The van der Waals surface area contributed by atoms with Gasteiger partial charge in [-0.25, -0.2) is 14.4 Å². The third-order valence-corrected chi connectivity index (χ3v) is 5.27. The minimum Gasteiger partial charge on any atom is -0.458 e. The number of hydrogen-bond donors (Lipinski definition) is 1. The maximum absolute atomic E-state index is 12.5. The molecule has 0 saturated heterocycles. The van der Waals surface area contributed by atoms with Gasteiger partial charge in [-0.3, -0.25) is 4.79 Å². The number of rotatable bonds is 18. The molecule has 0 aromatic heterocycles. The van der Waals surface area contributed by atoms with Crippen molar-refractivity contribution in [3.05, 3.63) is 23.8 Å². The molecule has 0 aliphatic rings. The molecular formula is C28H43NO11. The first-order chi connectivity index (χ1) is 19.2. The van der Waals surface area contributed by atoms with Gasteiger partial charge in [0, 0.05) is 0 Å². The van der Waals surface area contributed by atoms with E-state index in [0.717, 1.165) is 25.7 Å². The lowest BCUT2D eigenvalue weighted by Gasteiger charge is -2.17. The lowest BCUT2D eigenvalue weighted by Crippen LogP contribution is -2.37. The zero-order valence-electron chi connectivity index (χ0n) is 23.9. The van der Waals surface area contributed by atoms with E-state index in [0.29, 0.717) is 24.8 Å². The summed E-state index contributed by atoms with van der Waals surface area (Å²) in [6.07, 6.45) is 2.23. The number of benzene rings is 1. The Morgan fingerprint density at radius 2 is 1.30 bits per heavy atom. The molecule has 0 heterocycles. The van der Waals surface area contributed by atoms with Crippen molar-refractivity contribution < 1.29 is 52.3 Å². The van der Waals surface area contributed by atoms with Crippen LogP contribution >= 0.6 is 0 Å². The molecule has 0 spiro atoms. The van der Waals surface area contributed by atoms with Crippen molar-refractivity contribution in [2.75, 3.05) is 26.4 Å². The van der Waals surface area contributed by atoms with Gasteiger partial charge in [-0.05, 0) is 50.3 Å². The average Bonchev–Trinajstić information content (AvgIpc) is 2.92. The molecule has 0 fully saturated rings. The summed E-state index contributed by atoms with van der Waals surface area (Å²) in [7, 11) is 0. The number of esters is 1. The van der Waals surface area contributed by atoms with Crippen molar-refractivity contribution in [3.63, 3.8) is 0 Å². The average molecular weight is 570 g/mol. The van der Waals surface area contributed by atoms with E-state index in [2.05, 4.69) is 0 Å². The fourth-order valence-electron chi connectivity index (χ4n) is 3.17. The second kappa shape index (κ2) is 20.4. The Morgan fingerprint density at radius 3 is 1.88 bits per heavy atom. The highest BCUT2D eigenvalue weighted by molar-refractivity contribution is 5.76. The second-order valence-corrected chi connectivity index (χ2v) is 9.06. The molecule has 0 aliphatic heterocycles. The van der Waals surface area contributed by atoms with Crippen LogP contribution in [0.5, 0.6) is 11.5 Å². The largest absolute Gasteiger partial charge is 0.513 e. The van der Waals surface area contributed by atoms with E-state index >= 15 is 0 Å². The summed E-state index contributed by atoms with van der Waals surface area (Å²) >= 11 is 0. The lowest BCUT2D eigenvalue weighted by molar-refractivity contribution is -0.152. The maximum atomic E-state index is 12.5. The summed E-state index contributed by atoms with van der Waals surface area (Å²) in [5, 5.41) is 0. The van der Waals surface area contributed by atoms with Gasteiger partial charge in [-0.15, -0.1) is 0 Å². The number of carbonyl (C=O) groups is 4. The van der Waals surface area contributed by atoms with Crippen LogP contribution in [0.3, 0.4) is 0 Å². The van der Waals surface area contributed by atoms with Gasteiger partial charge < -0.3 is 38.9 Å². The highest BCUT2D eigenvalue weighted by atomic mass is 16.7. The number of nitrogens with two attached hydrogens (primary N) is 1. The molecule has 1 rings (SSSR count). The fourth-order valence-corrected chi connectivity index (χ4v) is 3.17. The molecule has 0 aliphatic carbocycles. The van der Waals surface area contributed by atoms with Gasteiger partial charge in [-0.2, -0.15) is 0 Å². The van der Waals surface area contributed by atoms with E-state index in [1.54, 1.807) is 13.0 Å². The van der Waals surface area contributed by atoms with Gasteiger partial charge in [0.2, 0.25) is 0 Å². The van der Waals surface area contributed by atoms with Gasteiger partial charge in [0.1, 0.15) is 18.8 Å². The van der Waals surface area contributed by atoms with Crippen LogP contribution in [-0.2, 0) is 34.9 Å². The Hall–Kier alpha value is -3.54. The fraction of sp³-hybridized carbons (Fsp3) is 0.643. The van der Waals surface area contributed by atoms with Gasteiger partial charge in [0.05, 0.1) is 19.8 Å². The van der Waals surface area contributed by atoms with E-state index in [1.807, 2.05) is 20.8 Å². The van der Waals surface area contributed by atoms with E-state index in [1.165, 1.54) is 12.1 Å². The molecule has 2 atom stereocenters. The Labute approximate surface area is 235 Å².